The summed E-state index contributed by atoms with van der Waals surface area (Å²) in [6.07, 6.45) is 0. The normalized spacial score (nSPS) is 11.3. The minimum absolute atomic E-state index is 0.483. The highest BCUT2D eigenvalue weighted by Gasteiger charge is 2.12. The van der Waals surface area contributed by atoms with Crippen LogP contribution in [-0.2, 0) is 10.2 Å². The number of ether oxygens (including phenoxy) is 1. The molecule has 0 fully saturated rings. The van der Waals surface area contributed by atoms with Gasteiger partial charge in [-0.25, -0.2) is 0 Å². The average molecular weight is 356 g/mol. The van der Waals surface area contributed by atoms with Crippen molar-refractivity contribution in [3.8, 4) is 5.75 Å². The standard InChI is InChI=1S/C15H18ClN3O3S/c1-19(2)23(20,21)18-12-6-4-11(5-7-12)17-13-8-9-15(22-3)14(16)10-13/h4-10,17-18H,1-3H3. The summed E-state index contributed by atoms with van der Waals surface area (Å²) < 4.78 is 32.2. The van der Waals surface area contributed by atoms with Gasteiger partial charge in [-0.15, -0.1) is 0 Å². The third-order valence-electron chi connectivity index (χ3n) is 3.05. The van der Waals surface area contributed by atoms with Crippen LogP contribution in [0.1, 0.15) is 0 Å². The van der Waals surface area contributed by atoms with Gasteiger partial charge in [-0.1, -0.05) is 11.6 Å². The van der Waals surface area contributed by atoms with Crippen molar-refractivity contribution in [2.24, 2.45) is 0 Å². The second kappa shape index (κ2) is 7.08. The first kappa shape index (κ1) is 17.4. The predicted molar refractivity (Wildman–Crippen MR) is 94.0 cm³/mol. The number of halogens is 1. The molecular weight excluding hydrogens is 338 g/mol. The fourth-order valence-electron chi connectivity index (χ4n) is 1.77. The van der Waals surface area contributed by atoms with Gasteiger partial charge in [0.25, 0.3) is 0 Å². The van der Waals surface area contributed by atoms with E-state index in [9.17, 15) is 8.42 Å². The van der Waals surface area contributed by atoms with E-state index in [-0.39, 0.29) is 0 Å². The summed E-state index contributed by atoms with van der Waals surface area (Å²) in [4.78, 5) is 0. The lowest BCUT2D eigenvalue weighted by atomic mass is 10.2. The maximum atomic E-state index is 11.7. The van der Waals surface area contributed by atoms with Crippen molar-refractivity contribution in [3.05, 3.63) is 47.5 Å². The lowest BCUT2D eigenvalue weighted by Crippen LogP contribution is -2.28. The molecule has 8 heteroatoms. The highest BCUT2D eigenvalue weighted by Crippen LogP contribution is 2.29. The SMILES string of the molecule is COc1ccc(Nc2ccc(NS(=O)(=O)N(C)C)cc2)cc1Cl. The van der Waals surface area contributed by atoms with E-state index in [0.29, 0.717) is 16.5 Å². The van der Waals surface area contributed by atoms with E-state index in [4.69, 9.17) is 16.3 Å². The van der Waals surface area contributed by atoms with Crippen molar-refractivity contribution in [3.63, 3.8) is 0 Å². The molecule has 0 radical (unpaired) electrons. The highest BCUT2D eigenvalue weighted by molar-refractivity contribution is 7.90. The molecule has 2 aromatic rings. The van der Waals surface area contributed by atoms with Crippen LogP contribution in [0.4, 0.5) is 17.1 Å². The largest absolute Gasteiger partial charge is 0.495 e. The monoisotopic (exact) mass is 355 g/mol. The molecule has 0 heterocycles. The molecule has 124 valence electrons. The van der Waals surface area contributed by atoms with Gasteiger partial charge in [-0.3, -0.25) is 4.72 Å². The summed E-state index contributed by atoms with van der Waals surface area (Å²) >= 11 is 6.08. The first-order valence-electron chi connectivity index (χ1n) is 6.73. The van der Waals surface area contributed by atoms with E-state index < -0.39 is 10.2 Å². The fraction of sp³-hybridized carbons (Fsp3) is 0.200. The molecule has 2 aromatic carbocycles. The Morgan fingerprint density at radius 1 is 1.00 bits per heavy atom. The lowest BCUT2D eigenvalue weighted by molar-refractivity contribution is 0.415. The number of benzene rings is 2. The molecule has 0 aliphatic heterocycles. The predicted octanol–water partition coefficient (Wildman–Crippen LogP) is 3.31. The van der Waals surface area contributed by atoms with Gasteiger partial charge in [-0.05, 0) is 42.5 Å². The molecule has 0 aliphatic carbocycles. The zero-order chi connectivity index (χ0) is 17.0. The minimum Gasteiger partial charge on any atom is -0.495 e. The van der Waals surface area contributed by atoms with Crippen LogP contribution in [-0.4, -0.2) is 33.9 Å². The molecule has 6 nitrogen and oxygen atoms in total. The van der Waals surface area contributed by atoms with Crippen LogP contribution in [0.3, 0.4) is 0 Å². The molecule has 0 unspecified atom stereocenters. The first-order chi connectivity index (χ1) is 10.8. The zero-order valence-electron chi connectivity index (χ0n) is 13.0. The van der Waals surface area contributed by atoms with Crippen LogP contribution in [0.25, 0.3) is 0 Å². The number of nitrogens with one attached hydrogen (secondary N) is 2. The molecule has 2 rings (SSSR count). The Hall–Kier alpha value is -1.96. The van der Waals surface area contributed by atoms with Gasteiger partial charge in [0.1, 0.15) is 5.75 Å². The van der Waals surface area contributed by atoms with E-state index in [2.05, 4.69) is 10.0 Å². The van der Waals surface area contributed by atoms with Gasteiger partial charge < -0.3 is 10.1 Å². The molecule has 0 saturated heterocycles. The summed E-state index contributed by atoms with van der Waals surface area (Å²) in [6.45, 7) is 0. The average Bonchev–Trinajstić information content (AvgIpc) is 2.49. The third-order valence-corrected chi connectivity index (χ3v) is 4.80. The molecule has 2 N–H and O–H groups in total. The van der Waals surface area contributed by atoms with E-state index in [1.807, 2.05) is 6.07 Å². The molecule has 0 saturated carbocycles. The summed E-state index contributed by atoms with van der Waals surface area (Å²) in [5, 5.41) is 3.69. The molecule has 0 atom stereocenters. The maximum Gasteiger partial charge on any atom is 0.301 e. The molecule has 23 heavy (non-hydrogen) atoms. The van der Waals surface area contributed by atoms with Crippen LogP contribution in [0.15, 0.2) is 42.5 Å². The minimum atomic E-state index is -3.50. The first-order valence-corrected chi connectivity index (χ1v) is 8.54. The molecular formula is C15H18ClN3O3S. The van der Waals surface area contributed by atoms with Crippen molar-refractivity contribution in [1.29, 1.82) is 0 Å². The van der Waals surface area contributed by atoms with Crippen molar-refractivity contribution in [1.82, 2.24) is 4.31 Å². The van der Waals surface area contributed by atoms with Crippen LogP contribution in [0, 0.1) is 0 Å². The van der Waals surface area contributed by atoms with E-state index in [1.165, 1.54) is 14.1 Å². The quantitative estimate of drug-likeness (QED) is 0.834. The molecule has 0 aromatic heterocycles. The molecule has 0 spiro atoms. The molecule has 0 bridgehead atoms. The number of hydrogen-bond donors (Lipinski definition) is 2. The highest BCUT2D eigenvalue weighted by atomic mass is 35.5. The van der Waals surface area contributed by atoms with E-state index in [1.54, 1.807) is 43.5 Å². The van der Waals surface area contributed by atoms with Gasteiger partial charge >= 0.3 is 10.2 Å². The van der Waals surface area contributed by atoms with Crippen molar-refractivity contribution in [2.75, 3.05) is 31.2 Å². The van der Waals surface area contributed by atoms with Crippen LogP contribution in [0.5, 0.6) is 5.75 Å². The Bertz CT molecular complexity index is 777. The van der Waals surface area contributed by atoms with Crippen LogP contribution >= 0.6 is 11.6 Å². The van der Waals surface area contributed by atoms with Gasteiger partial charge in [0, 0.05) is 31.2 Å². The lowest BCUT2D eigenvalue weighted by Gasteiger charge is -2.14. The molecule has 0 amide bonds. The number of rotatable bonds is 6. The third kappa shape index (κ3) is 4.51. The summed E-state index contributed by atoms with van der Waals surface area (Å²) in [5.74, 6) is 0.602. The van der Waals surface area contributed by atoms with Crippen molar-refractivity contribution >= 4 is 38.9 Å². The van der Waals surface area contributed by atoms with Crippen molar-refractivity contribution < 1.29 is 13.2 Å². The van der Waals surface area contributed by atoms with Gasteiger partial charge in [0.15, 0.2) is 0 Å². The Morgan fingerprint density at radius 2 is 1.57 bits per heavy atom. The zero-order valence-corrected chi connectivity index (χ0v) is 14.6. The Labute approximate surface area is 141 Å². The Balaban J connectivity index is 2.10. The van der Waals surface area contributed by atoms with Crippen molar-refractivity contribution in [2.45, 2.75) is 0 Å². The maximum absolute atomic E-state index is 11.7. The number of nitrogens with zero attached hydrogens (tertiary/aromatic N) is 1. The summed E-state index contributed by atoms with van der Waals surface area (Å²) in [6, 6.07) is 12.3. The topological polar surface area (TPSA) is 70.7 Å². The number of hydrogen-bond acceptors (Lipinski definition) is 4. The summed E-state index contributed by atoms with van der Waals surface area (Å²) in [7, 11) is 0.981. The molecule has 0 aliphatic rings. The second-order valence-electron chi connectivity index (χ2n) is 4.94. The van der Waals surface area contributed by atoms with Crippen LogP contribution < -0.4 is 14.8 Å². The van der Waals surface area contributed by atoms with Crippen LogP contribution in [0.2, 0.25) is 5.02 Å². The Kier molecular flexibility index (Phi) is 5.35. The fourth-order valence-corrected chi connectivity index (χ4v) is 2.65. The number of anilines is 3. The second-order valence-corrected chi connectivity index (χ2v) is 7.23. The van der Waals surface area contributed by atoms with E-state index in [0.717, 1.165) is 15.7 Å². The van der Waals surface area contributed by atoms with E-state index >= 15 is 0 Å². The summed E-state index contributed by atoms with van der Waals surface area (Å²) in [5.41, 5.74) is 2.09. The van der Waals surface area contributed by atoms with Gasteiger partial charge in [0.2, 0.25) is 0 Å². The number of methoxy groups -OCH3 is 1. The Morgan fingerprint density at radius 3 is 2.09 bits per heavy atom. The van der Waals surface area contributed by atoms with Gasteiger partial charge in [0.05, 0.1) is 12.1 Å². The van der Waals surface area contributed by atoms with Gasteiger partial charge in [-0.2, -0.15) is 12.7 Å². The smallest absolute Gasteiger partial charge is 0.301 e.